The average Bonchev–Trinajstić information content (AvgIpc) is 2.83. The van der Waals surface area contributed by atoms with Crippen LogP contribution in [0.2, 0.25) is 0 Å². The molecule has 0 unspecified atom stereocenters. The summed E-state index contributed by atoms with van der Waals surface area (Å²) in [4.78, 5) is 12.7. The minimum Gasteiger partial charge on any atom is -0.383 e. The molecule has 0 saturated carbocycles. The van der Waals surface area contributed by atoms with E-state index in [1.807, 2.05) is 24.5 Å². The summed E-state index contributed by atoms with van der Waals surface area (Å²) in [5, 5.41) is 10.3. The number of rotatable bonds is 4. The van der Waals surface area contributed by atoms with Crippen molar-refractivity contribution in [1.29, 1.82) is 5.41 Å². The molecule has 0 fully saturated rings. The van der Waals surface area contributed by atoms with Crippen molar-refractivity contribution in [3.05, 3.63) is 46.8 Å². The molecule has 98 valence electrons. The smallest absolute Gasteiger partial charge is 0.255 e. The normalized spacial score (nSPS) is 10.2. The molecule has 4 nitrogen and oxygen atoms in total. The molecule has 2 aromatic rings. The number of hydrogen-bond acceptors (Lipinski definition) is 4. The largest absolute Gasteiger partial charge is 0.383 e. The topological polar surface area (TPSA) is 79.0 Å². The van der Waals surface area contributed by atoms with Crippen molar-refractivity contribution in [3.63, 3.8) is 0 Å². The van der Waals surface area contributed by atoms with Crippen LogP contribution in [0.3, 0.4) is 0 Å². The van der Waals surface area contributed by atoms with Crippen LogP contribution < -0.4 is 11.1 Å². The second kappa shape index (κ2) is 5.90. The molecule has 2 rings (SSSR count). The first-order valence-electron chi connectivity index (χ1n) is 5.50. The molecule has 1 heterocycles. The van der Waals surface area contributed by atoms with Crippen molar-refractivity contribution in [2.24, 2.45) is 5.73 Å². The van der Waals surface area contributed by atoms with Crippen LogP contribution in [-0.4, -0.2) is 18.0 Å². The standard InChI is InChI=1S/C13H13N3OS2/c1-18-13-9(7-10(19-13)11(14)15)16-12(17)8-5-3-2-4-6-8/h2-7H,1H3,(H3,14,15)(H,16,17). The summed E-state index contributed by atoms with van der Waals surface area (Å²) < 4.78 is 0.939. The third kappa shape index (κ3) is 3.15. The molecule has 0 radical (unpaired) electrons. The highest BCUT2D eigenvalue weighted by atomic mass is 32.2. The van der Waals surface area contributed by atoms with E-state index in [9.17, 15) is 4.79 Å². The van der Waals surface area contributed by atoms with Gasteiger partial charge in [-0.25, -0.2) is 0 Å². The van der Waals surface area contributed by atoms with E-state index < -0.39 is 0 Å². The Morgan fingerprint density at radius 3 is 2.63 bits per heavy atom. The van der Waals surface area contributed by atoms with E-state index in [4.69, 9.17) is 11.1 Å². The van der Waals surface area contributed by atoms with Crippen LogP contribution in [-0.2, 0) is 0 Å². The van der Waals surface area contributed by atoms with Gasteiger partial charge in [0, 0.05) is 5.56 Å². The Bertz CT molecular complexity index is 608. The second-order valence-corrected chi connectivity index (χ2v) is 5.88. The van der Waals surface area contributed by atoms with Crippen molar-refractivity contribution >= 4 is 40.5 Å². The molecule has 6 heteroatoms. The quantitative estimate of drug-likeness (QED) is 0.460. The summed E-state index contributed by atoms with van der Waals surface area (Å²) in [7, 11) is 0. The Balaban J connectivity index is 2.23. The number of anilines is 1. The van der Waals surface area contributed by atoms with Crippen LogP contribution in [0.5, 0.6) is 0 Å². The van der Waals surface area contributed by atoms with Crippen molar-refractivity contribution in [2.45, 2.75) is 4.21 Å². The van der Waals surface area contributed by atoms with E-state index in [0.29, 0.717) is 16.1 Å². The van der Waals surface area contributed by atoms with Gasteiger partial charge < -0.3 is 11.1 Å². The number of nitrogen functional groups attached to an aromatic ring is 1. The zero-order chi connectivity index (χ0) is 13.8. The predicted molar refractivity (Wildman–Crippen MR) is 81.5 cm³/mol. The number of nitrogens with one attached hydrogen (secondary N) is 2. The first-order valence-corrected chi connectivity index (χ1v) is 7.54. The molecule has 19 heavy (non-hydrogen) atoms. The molecular weight excluding hydrogens is 278 g/mol. The molecule has 0 bridgehead atoms. The molecule has 4 N–H and O–H groups in total. The Morgan fingerprint density at radius 2 is 2.05 bits per heavy atom. The van der Waals surface area contributed by atoms with E-state index >= 15 is 0 Å². The lowest BCUT2D eigenvalue weighted by atomic mass is 10.2. The summed E-state index contributed by atoms with van der Waals surface area (Å²) in [6, 6.07) is 10.7. The van der Waals surface area contributed by atoms with Gasteiger partial charge in [0.05, 0.1) is 14.8 Å². The minimum atomic E-state index is -0.163. The Hall–Kier alpha value is -1.79. The van der Waals surface area contributed by atoms with Crippen molar-refractivity contribution in [3.8, 4) is 0 Å². The maximum atomic E-state index is 12.1. The van der Waals surface area contributed by atoms with Gasteiger partial charge in [0.1, 0.15) is 5.84 Å². The highest BCUT2D eigenvalue weighted by Crippen LogP contribution is 2.34. The molecular formula is C13H13N3OS2. The number of nitrogens with two attached hydrogens (primary N) is 1. The van der Waals surface area contributed by atoms with E-state index in [1.54, 1.807) is 18.2 Å². The molecule has 0 saturated heterocycles. The average molecular weight is 291 g/mol. The van der Waals surface area contributed by atoms with Crippen LogP contribution in [0.15, 0.2) is 40.6 Å². The first kappa shape index (κ1) is 13.6. The van der Waals surface area contributed by atoms with E-state index in [-0.39, 0.29) is 11.7 Å². The maximum Gasteiger partial charge on any atom is 0.255 e. The van der Waals surface area contributed by atoms with Gasteiger partial charge in [-0.15, -0.1) is 23.1 Å². The number of amidine groups is 1. The van der Waals surface area contributed by atoms with Gasteiger partial charge in [0.15, 0.2) is 0 Å². The monoisotopic (exact) mass is 291 g/mol. The molecule has 0 atom stereocenters. The van der Waals surface area contributed by atoms with Crippen LogP contribution in [0, 0.1) is 5.41 Å². The fraction of sp³-hybridized carbons (Fsp3) is 0.0769. The number of thiophene rings is 1. The second-order valence-electron chi connectivity index (χ2n) is 3.75. The van der Waals surface area contributed by atoms with Gasteiger partial charge in [-0.05, 0) is 24.5 Å². The van der Waals surface area contributed by atoms with Gasteiger partial charge in [-0.1, -0.05) is 18.2 Å². The van der Waals surface area contributed by atoms with Crippen molar-refractivity contribution in [1.82, 2.24) is 0 Å². The van der Waals surface area contributed by atoms with Gasteiger partial charge in [-0.2, -0.15) is 0 Å². The van der Waals surface area contributed by atoms with Gasteiger partial charge in [0.25, 0.3) is 5.91 Å². The predicted octanol–water partition coefficient (Wildman–Crippen LogP) is 3.01. The molecule has 1 aromatic heterocycles. The zero-order valence-corrected chi connectivity index (χ0v) is 11.9. The summed E-state index contributed by atoms with van der Waals surface area (Å²) in [5.74, 6) is -0.149. The first-order chi connectivity index (χ1) is 9.11. The zero-order valence-electron chi connectivity index (χ0n) is 10.3. The number of benzene rings is 1. The van der Waals surface area contributed by atoms with Crippen LogP contribution >= 0.6 is 23.1 Å². The lowest BCUT2D eigenvalue weighted by Crippen LogP contribution is -2.12. The Labute approximate surface area is 119 Å². The van der Waals surface area contributed by atoms with Crippen LogP contribution in [0.25, 0.3) is 0 Å². The summed E-state index contributed by atoms with van der Waals surface area (Å²) in [5.41, 5.74) is 6.77. The fourth-order valence-corrected chi connectivity index (χ4v) is 3.17. The summed E-state index contributed by atoms with van der Waals surface area (Å²) in [6.45, 7) is 0. The van der Waals surface area contributed by atoms with Gasteiger partial charge in [-0.3, -0.25) is 10.2 Å². The number of carbonyl (C=O) groups excluding carboxylic acids is 1. The molecule has 1 amide bonds. The van der Waals surface area contributed by atoms with Gasteiger partial charge in [0.2, 0.25) is 0 Å². The lowest BCUT2D eigenvalue weighted by molar-refractivity contribution is 0.102. The number of carbonyl (C=O) groups is 1. The van der Waals surface area contributed by atoms with E-state index in [0.717, 1.165) is 4.21 Å². The molecule has 0 aliphatic rings. The molecule has 0 aliphatic carbocycles. The highest BCUT2D eigenvalue weighted by molar-refractivity contribution is 8.00. The third-order valence-corrected chi connectivity index (χ3v) is 4.74. The van der Waals surface area contributed by atoms with Crippen molar-refractivity contribution < 1.29 is 4.79 Å². The fourth-order valence-electron chi connectivity index (χ4n) is 1.53. The molecule has 0 aliphatic heterocycles. The summed E-state index contributed by atoms with van der Waals surface area (Å²) >= 11 is 2.93. The number of hydrogen-bond donors (Lipinski definition) is 3. The molecule has 1 aromatic carbocycles. The number of thioether (sulfide) groups is 1. The number of amides is 1. The summed E-state index contributed by atoms with van der Waals surface area (Å²) in [6.07, 6.45) is 1.92. The third-order valence-electron chi connectivity index (χ3n) is 2.43. The lowest BCUT2D eigenvalue weighted by Gasteiger charge is -2.04. The highest BCUT2D eigenvalue weighted by Gasteiger charge is 2.13. The molecule has 0 spiro atoms. The van der Waals surface area contributed by atoms with Crippen LogP contribution in [0.1, 0.15) is 15.2 Å². The SMILES string of the molecule is CSc1sc(C(=N)N)cc1NC(=O)c1ccccc1. The van der Waals surface area contributed by atoms with Crippen molar-refractivity contribution in [2.75, 3.05) is 11.6 Å². The Morgan fingerprint density at radius 1 is 1.37 bits per heavy atom. The van der Waals surface area contributed by atoms with Gasteiger partial charge >= 0.3 is 0 Å². The minimum absolute atomic E-state index is 0.0144. The Kier molecular flexibility index (Phi) is 4.24. The van der Waals surface area contributed by atoms with E-state index in [1.165, 1.54) is 23.1 Å². The van der Waals surface area contributed by atoms with Crippen LogP contribution in [0.4, 0.5) is 5.69 Å². The van der Waals surface area contributed by atoms with E-state index in [2.05, 4.69) is 5.32 Å². The maximum absolute atomic E-state index is 12.1.